The van der Waals surface area contributed by atoms with Crippen LogP contribution in [0.2, 0.25) is 0 Å². The van der Waals surface area contributed by atoms with Gasteiger partial charge in [-0.3, -0.25) is 18.7 Å². The van der Waals surface area contributed by atoms with Crippen molar-refractivity contribution in [2.24, 2.45) is 0 Å². The lowest BCUT2D eigenvalue weighted by Gasteiger charge is -2.25. The van der Waals surface area contributed by atoms with E-state index in [1.54, 1.807) is 27.7 Å². The second kappa shape index (κ2) is 12.3. The Kier molecular flexibility index (Phi) is 10.1. The predicted octanol–water partition coefficient (Wildman–Crippen LogP) is 4.37. The number of fused-ring (bicyclic) bond motifs is 1. The van der Waals surface area contributed by atoms with Crippen molar-refractivity contribution in [2.75, 3.05) is 6.61 Å². The first-order valence-electron chi connectivity index (χ1n) is 11.7. The van der Waals surface area contributed by atoms with Crippen molar-refractivity contribution in [1.29, 1.82) is 0 Å². The molecule has 0 aliphatic rings. The molecule has 224 valence electrons. The maximum Gasteiger partial charge on any atom is 0.426 e. The van der Waals surface area contributed by atoms with E-state index in [9.17, 15) is 45.5 Å². The number of hydrogen-bond acceptors (Lipinski definition) is 7. The zero-order chi connectivity index (χ0) is 30.6. The number of aromatic nitrogens is 2. The predicted molar refractivity (Wildman–Crippen MR) is 132 cm³/mol. The van der Waals surface area contributed by atoms with Gasteiger partial charge in [-0.2, -0.15) is 26.3 Å². The van der Waals surface area contributed by atoms with Crippen LogP contribution in [0.4, 0.5) is 31.1 Å². The number of rotatable bonds is 8. The highest BCUT2D eigenvalue weighted by molar-refractivity contribution is 7.18. The Balaban J connectivity index is 2.68. The van der Waals surface area contributed by atoms with Gasteiger partial charge in [0.15, 0.2) is 0 Å². The average molecular weight is 603 g/mol. The third-order valence-corrected chi connectivity index (χ3v) is 6.32. The SMILES string of the molecule is CCO/C=C/C(=O)N(Cc1sc2c(c1C)c(=O)n(CC(F)(F)F)c(=O)n2CCC(F)(F)F)NC(=O)OC(C)(C)C. The molecule has 2 amide bonds. The highest BCUT2D eigenvalue weighted by Crippen LogP contribution is 2.30. The van der Waals surface area contributed by atoms with Crippen LogP contribution in [-0.4, -0.2) is 50.7 Å². The van der Waals surface area contributed by atoms with Gasteiger partial charge in [-0.05, 0) is 40.2 Å². The van der Waals surface area contributed by atoms with Crippen LogP contribution >= 0.6 is 11.3 Å². The van der Waals surface area contributed by atoms with E-state index in [0.717, 1.165) is 17.3 Å². The number of hydrazine groups is 1. The van der Waals surface area contributed by atoms with Crippen molar-refractivity contribution in [2.45, 2.75) is 78.6 Å². The number of alkyl halides is 6. The Morgan fingerprint density at radius 2 is 1.68 bits per heavy atom. The van der Waals surface area contributed by atoms with Gasteiger partial charge in [0.1, 0.15) is 17.0 Å². The number of thiophene rings is 1. The van der Waals surface area contributed by atoms with Gasteiger partial charge in [0.05, 0.1) is 31.2 Å². The monoisotopic (exact) mass is 602 g/mol. The molecule has 40 heavy (non-hydrogen) atoms. The number of aryl methyl sites for hydroxylation is 2. The van der Waals surface area contributed by atoms with Crippen LogP contribution in [0.25, 0.3) is 10.2 Å². The topological polar surface area (TPSA) is 112 Å². The summed E-state index contributed by atoms with van der Waals surface area (Å²) in [7, 11) is 0. The van der Waals surface area contributed by atoms with Crippen LogP contribution in [0.1, 0.15) is 44.6 Å². The van der Waals surface area contributed by atoms with Gasteiger partial charge < -0.3 is 9.47 Å². The van der Waals surface area contributed by atoms with E-state index in [4.69, 9.17) is 9.47 Å². The molecule has 0 saturated carbocycles. The molecule has 0 fully saturated rings. The Bertz CT molecular complexity index is 1380. The summed E-state index contributed by atoms with van der Waals surface area (Å²) in [5.41, 5.74) is -1.63. The van der Waals surface area contributed by atoms with Crippen molar-refractivity contribution in [3.05, 3.63) is 43.6 Å². The minimum Gasteiger partial charge on any atom is -0.501 e. The number of hydrogen-bond donors (Lipinski definition) is 1. The van der Waals surface area contributed by atoms with E-state index in [1.807, 2.05) is 0 Å². The number of ether oxygens (including phenoxy) is 2. The molecule has 0 bridgehead atoms. The number of carbonyl (C=O) groups excluding carboxylic acids is 2. The maximum absolute atomic E-state index is 13.1. The van der Waals surface area contributed by atoms with Crippen LogP contribution in [0.5, 0.6) is 0 Å². The van der Waals surface area contributed by atoms with E-state index in [1.165, 1.54) is 6.92 Å². The molecule has 2 aromatic rings. The molecule has 2 aromatic heterocycles. The molecule has 0 aliphatic heterocycles. The highest BCUT2D eigenvalue weighted by Gasteiger charge is 2.33. The van der Waals surface area contributed by atoms with Crippen molar-refractivity contribution in [1.82, 2.24) is 19.6 Å². The normalized spacial score (nSPS) is 12.7. The van der Waals surface area contributed by atoms with Gasteiger partial charge in [0.2, 0.25) is 0 Å². The fraction of sp³-hybridized carbons (Fsp3) is 0.565. The highest BCUT2D eigenvalue weighted by atomic mass is 32.1. The van der Waals surface area contributed by atoms with Crippen molar-refractivity contribution < 1.29 is 45.4 Å². The van der Waals surface area contributed by atoms with Gasteiger partial charge in [0, 0.05) is 17.5 Å². The third-order valence-electron chi connectivity index (χ3n) is 5.02. The third kappa shape index (κ3) is 9.02. The second-order valence-electron chi connectivity index (χ2n) is 9.43. The zero-order valence-electron chi connectivity index (χ0n) is 22.2. The molecule has 0 atom stereocenters. The number of nitrogens with zero attached hydrogens (tertiary/aromatic N) is 3. The number of halogens is 6. The van der Waals surface area contributed by atoms with E-state index >= 15 is 0 Å². The van der Waals surface area contributed by atoms with Crippen LogP contribution in [0.15, 0.2) is 21.9 Å². The Morgan fingerprint density at radius 1 is 1.05 bits per heavy atom. The summed E-state index contributed by atoms with van der Waals surface area (Å²) in [6, 6.07) is 0. The van der Waals surface area contributed by atoms with Crippen LogP contribution < -0.4 is 16.7 Å². The van der Waals surface area contributed by atoms with Gasteiger partial charge in [-0.15, -0.1) is 11.3 Å². The van der Waals surface area contributed by atoms with Gasteiger partial charge >= 0.3 is 24.1 Å². The maximum atomic E-state index is 13.1. The van der Waals surface area contributed by atoms with E-state index in [2.05, 4.69) is 5.43 Å². The molecular weight excluding hydrogens is 574 g/mol. The van der Waals surface area contributed by atoms with Gasteiger partial charge in [0.25, 0.3) is 11.5 Å². The molecule has 0 radical (unpaired) electrons. The number of amides is 2. The van der Waals surface area contributed by atoms with Crippen molar-refractivity contribution in [3.8, 4) is 0 Å². The first-order valence-corrected chi connectivity index (χ1v) is 12.5. The second-order valence-corrected chi connectivity index (χ2v) is 10.5. The van der Waals surface area contributed by atoms with E-state index in [0.29, 0.717) is 15.9 Å². The van der Waals surface area contributed by atoms with Crippen LogP contribution in [0.3, 0.4) is 0 Å². The summed E-state index contributed by atoms with van der Waals surface area (Å²) in [5, 5.41) is 0.341. The molecule has 0 spiro atoms. The lowest BCUT2D eigenvalue weighted by Crippen LogP contribution is -2.47. The standard InChI is InChI=1S/C23H28F6N4O6S/c1-6-38-10-7-15(34)33(30-19(36)39-21(3,4)5)11-14-13(2)16-17(35)32(12-23(27,28)29)20(37)31(18(16)40-14)9-8-22(24,25)26/h7,10H,6,8-9,11-12H2,1-5H3,(H,30,36)/b10-7+. The molecule has 0 saturated heterocycles. The zero-order valence-corrected chi connectivity index (χ0v) is 23.0. The molecule has 0 unspecified atom stereocenters. The Morgan fingerprint density at radius 3 is 2.20 bits per heavy atom. The van der Waals surface area contributed by atoms with Gasteiger partial charge in [-0.1, -0.05) is 0 Å². The summed E-state index contributed by atoms with van der Waals surface area (Å²) in [6.07, 6.45) is -10.4. The minimum absolute atomic E-state index is 0.0132. The quantitative estimate of drug-likeness (QED) is 0.208. The molecule has 1 N–H and O–H groups in total. The summed E-state index contributed by atoms with van der Waals surface area (Å²) in [6.45, 7) is 4.33. The first-order chi connectivity index (χ1) is 18.2. The van der Waals surface area contributed by atoms with Crippen molar-refractivity contribution in [3.63, 3.8) is 0 Å². The van der Waals surface area contributed by atoms with E-state index < -0.39 is 72.6 Å². The molecule has 17 heteroatoms. The summed E-state index contributed by atoms with van der Waals surface area (Å²) < 4.78 is 88.7. The summed E-state index contributed by atoms with van der Waals surface area (Å²) in [4.78, 5) is 50.7. The summed E-state index contributed by atoms with van der Waals surface area (Å²) in [5.74, 6) is -0.833. The fourth-order valence-corrected chi connectivity index (χ4v) is 4.67. The molecule has 0 aromatic carbocycles. The number of carbonyl (C=O) groups is 2. The molecule has 2 rings (SSSR count). The Hall–Kier alpha value is -3.50. The smallest absolute Gasteiger partial charge is 0.426 e. The largest absolute Gasteiger partial charge is 0.501 e. The van der Waals surface area contributed by atoms with E-state index in [-0.39, 0.29) is 26.4 Å². The number of nitrogens with one attached hydrogen (secondary N) is 1. The minimum atomic E-state index is -5.02. The molecule has 10 nitrogen and oxygen atoms in total. The molecule has 2 heterocycles. The van der Waals surface area contributed by atoms with Gasteiger partial charge in [-0.25, -0.2) is 20.0 Å². The lowest BCUT2D eigenvalue weighted by atomic mass is 10.2. The van der Waals surface area contributed by atoms with Crippen LogP contribution in [0, 0.1) is 6.92 Å². The Labute approximate surface area is 227 Å². The van der Waals surface area contributed by atoms with Crippen molar-refractivity contribution >= 4 is 33.6 Å². The average Bonchev–Trinajstić information content (AvgIpc) is 3.09. The molecular formula is C23H28F6N4O6S. The first kappa shape index (κ1) is 32.7. The lowest BCUT2D eigenvalue weighted by molar-refractivity contribution is -0.143. The summed E-state index contributed by atoms with van der Waals surface area (Å²) >= 11 is 0.630. The van der Waals surface area contributed by atoms with Crippen LogP contribution in [-0.2, 0) is 33.9 Å². The fourth-order valence-electron chi connectivity index (χ4n) is 3.37. The molecule has 0 aliphatic carbocycles.